The first-order valence-corrected chi connectivity index (χ1v) is 5.69. The van der Waals surface area contributed by atoms with Crippen LogP contribution < -0.4 is 10.5 Å². The number of nitrogens with two attached hydrogens (primary N) is 1. The topological polar surface area (TPSA) is 96.0 Å². The zero-order chi connectivity index (χ0) is 13.1. The summed E-state index contributed by atoms with van der Waals surface area (Å²) in [6, 6.07) is 6.90. The van der Waals surface area contributed by atoms with Crippen molar-refractivity contribution in [2.45, 2.75) is 12.2 Å². The number of hydrogen-bond donors (Lipinski definition) is 3. The fourth-order valence-corrected chi connectivity index (χ4v) is 1.82. The Kier molecular flexibility index (Phi) is 3.69. The number of carbonyl (C=O) groups is 1. The second kappa shape index (κ2) is 5.24. The summed E-state index contributed by atoms with van der Waals surface area (Å²) in [6.45, 7) is 0.106. The van der Waals surface area contributed by atoms with E-state index in [4.69, 9.17) is 10.5 Å². The molecule has 1 fully saturated rings. The molecule has 98 valence electrons. The van der Waals surface area contributed by atoms with Crippen molar-refractivity contribution in [3.63, 3.8) is 0 Å². The molecule has 4 N–H and O–H groups in total. The fraction of sp³-hybridized carbons (Fsp3) is 0.417. The van der Waals surface area contributed by atoms with E-state index >= 15 is 0 Å². The van der Waals surface area contributed by atoms with Gasteiger partial charge in [-0.15, -0.1) is 0 Å². The number of carbonyl (C=O) groups excluding carboxylic acids is 1. The molecule has 6 nitrogen and oxygen atoms in total. The molecular formula is C12H16N2O4. The molecule has 0 radical (unpaired) electrons. The Hall–Kier alpha value is -1.79. The summed E-state index contributed by atoms with van der Waals surface area (Å²) in [5, 5.41) is 18.7. The minimum atomic E-state index is -0.879. The zero-order valence-electron chi connectivity index (χ0n) is 9.82. The molecule has 0 bridgehead atoms. The van der Waals surface area contributed by atoms with Crippen molar-refractivity contribution in [3.05, 3.63) is 24.3 Å². The third kappa shape index (κ3) is 2.72. The van der Waals surface area contributed by atoms with E-state index in [1.165, 1.54) is 4.90 Å². The van der Waals surface area contributed by atoms with Crippen molar-refractivity contribution < 1.29 is 19.7 Å². The average Bonchev–Trinajstić information content (AvgIpc) is 2.68. The molecule has 0 spiro atoms. The number of aliphatic hydroxyl groups excluding tert-OH is 2. The Bertz CT molecular complexity index is 428. The van der Waals surface area contributed by atoms with E-state index in [9.17, 15) is 15.0 Å². The molecule has 2 rings (SSSR count). The van der Waals surface area contributed by atoms with Crippen LogP contribution in [0.15, 0.2) is 24.3 Å². The predicted molar refractivity (Wildman–Crippen MR) is 64.9 cm³/mol. The quantitative estimate of drug-likeness (QED) is 0.613. The van der Waals surface area contributed by atoms with Gasteiger partial charge in [-0.3, -0.25) is 4.79 Å². The highest BCUT2D eigenvalue weighted by Gasteiger charge is 2.32. The Morgan fingerprint density at radius 2 is 1.94 bits per heavy atom. The number of rotatable bonds is 3. The number of hydrogen-bond acceptors (Lipinski definition) is 5. The highest BCUT2D eigenvalue weighted by molar-refractivity contribution is 5.78. The number of β-amino-alcohol motifs (C(OH)–C–C–N with tert-alkyl or cyclic N) is 2. The SMILES string of the molecule is Nc1ccccc1OCC(=O)N1C[C@@H](O)[C@@H](O)C1. The van der Waals surface area contributed by atoms with Crippen molar-refractivity contribution in [1.29, 1.82) is 0 Å². The van der Waals surface area contributed by atoms with Gasteiger partial charge < -0.3 is 25.6 Å². The summed E-state index contributed by atoms with van der Waals surface area (Å²) in [4.78, 5) is 13.1. The van der Waals surface area contributed by atoms with Gasteiger partial charge in [0.05, 0.1) is 17.9 Å². The van der Waals surface area contributed by atoms with Gasteiger partial charge >= 0.3 is 0 Å². The highest BCUT2D eigenvalue weighted by atomic mass is 16.5. The number of nitrogens with zero attached hydrogens (tertiary/aromatic N) is 1. The summed E-state index contributed by atoms with van der Waals surface area (Å²) in [6.07, 6.45) is -1.76. The van der Waals surface area contributed by atoms with E-state index in [-0.39, 0.29) is 25.6 Å². The van der Waals surface area contributed by atoms with E-state index in [0.717, 1.165) is 0 Å². The van der Waals surface area contributed by atoms with E-state index in [2.05, 4.69) is 0 Å². The molecule has 0 unspecified atom stereocenters. The maximum atomic E-state index is 11.8. The molecule has 1 heterocycles. The van der Waals surface area contributed by atoms with Crippen LogP contribution in [0.25, 0.3) is 0 Å². The lowest BCUT2D eigenvalue weighted by Crippen LogP contribution is -2.34. The molecule has 1 aliphatic heterocycles. The number of nitrogen functional groups attached to an aromatic ring is 1. The average molecular weight is 252 g/mol. The van der Waals surface area contributed by atoms with Crippen molar-refractivity contribution in [2.75, 3.05) is 25.4 Å². The van der Waals surface area contributed by atoms with Gasteiger partial charge in [0.25, 0.3) is 5.91 Å². The highest BCUT2D eigenvalue weighted by Crippen LogP contribution is 2.20. The standard InChI is InChI=1S/C12H16N2O4/c13-8-3-1-2-4-11(8)18-7-12(17)14-5-9(15)10(16)6-14/h1-4,9-10,15-16H,5-7,13H2/t9-,10+. The molecule has 2 atom stereocenters. The van der Waals surface area contributed by atoms with Gasteiger partial charge in [-0.2, -0.15) is 0 Å². The second-order valence-electron chi connectivity index (χ2n) is 4.26. The first kappa shape index (κ1) is 12.7. The van der Waals surface area contributed by atoms with Crippen LogP contribution in [0.2, 0.25) is 0 Å². The van der Waals surface area contributed by atoms with Gasteiger partial charge in [0, 0.05) is 13.1 Å². The Labute approximate surface area is 105 Å². The summed E-state index contributed by atoms with van der Waals surface area (Å²) in [5.74, 6) is 0.167. The van der Waals surface area contributed by atoms with Crippen LogP contribution in [-0.2, 0) is 4.79 Å². The zero-order valence-corrected chi connectivity index (χ0v) is 9.82. The lowest BCUT2D eigenvalue weighted by Gasteiger charge is -2.16. The molecule has 0 aliphatic carbocycles. The minimum Gasteiger partial charge on any atom is -0.482 e. The number of ether oxygens (including phenoxy) is 1. The molecule has 1 aliphatic rings. The lowest BCUT2D eigenvalue weighted by atomic mass is 10.3. The molecule has 0 aromatic heterocycles. The van der Waals surface area contributed by atoms with Crippen molar-refractivity contribution in [2.24, 2.45) is 0 Å². The van der Waals surface area contributed by atoms with Crippen LogP contribution in [0.4, 0.5) is 5.69 Å². The molecular weight excluding hydrogens is 236 g/mol. The molecule has 18 heavy (non-hydrogen) atoms. The monoisotopic (exact) mass is 252 g/mol. The van der Waals surface area contributed by atoms with Crippen LogP contribution in [0.5, 0.6) is 5.75 Å². The summed E-state index contributed by atoms with van der Waals surface area (Å²) >= 11 is 0. The Morgan fingerprint density at radius 1 is 1.33 bits per heavy atom. The smallest absolute Gasteiger partial charge is 0.260 e. The largest absolute Gasteiger partial charge is 0.482 e. The van der Waals surface area contributed by atoms with Crippen LogP contribution >= 0.6 is 0 Å². The third-order valence-corrected chi connectivity index (χ3v) is 2.88. The van der Waals surface area contributed by atoms with Crippen molar-refractivity contribution in [3.8, 4) is 5.75 Å². The van der Waals surface area contributed by atoms with E-state index in [1.807, 2.05) is 0 Å². The first-order valence-electron chi connectivity index (χ1n) is 5.69. The summed E-state index contributed by atoms with van der Waals surface area (Å²) < 4.78 is 5.30. The van der Waals surface area contributed by atoms with Gasteiger partial charge in [-0.1, -0.05) is 12.1 Å². The molecule has 1 aromatic rings. The van der Waals surface area contributed by atoms with Gasteiger partial charge in [-0.05, 0) is 12.1 Å². The summed E-state index contributed by atoms with van der Waals surface area (Å²) in [5.41, 5.74) is 6.14. The summed E-state index contributed by atoms with van der Waals surface area (Å²) in [7, 11) is 0. The van der Waals surface area contributed by atoms with Gasteiger partial charge in [0.2, 0.25) is 0 Å². The van der Waals surface area contributed by atoms with Crippen LogP contribution in [0.3, 0.4) is 0 Å². The predicted octanol–water partition coefficient (Wildman–Crippen LogP) is -0.788. The maximum Gasteiger partial charge on any atom is 0.260 e. The van der Waals surface area contributed by atoms with Gasteiger partial charge in [0.1, 0.15) is 5.75 Å². The molecule has 6 heteroatoms. The van der Waals surface area contributed by atoms with Crippen molar-refractivity contribution >= 4 is 11.6 Å². The fourth-order valence-electron chi connectivity index (χ4n) is 1.82. The molecule has 1 aromatic carbocycles. The molecule has 0 saturated carbocycles. The van der Waals surface area contributed by atoms with E-state index in [0.29, 0.717) is 11.4 Å². The number of benzene rings is 1. The number of amides is 1. The number of para-hydroxylation sites is 2. The van der Waals surface area contributed by atoms with Crippen molar-refractivity contribution in [1.82, 2.24) is 4.90 Å². The lowest BCUT2D eigenvalue weighted by molar-refractivity contribution is -0.132. The minimum absolute atomic E-state index is 0.133. The van der Waals surface area contributed by atoms with Crippen LogP contribution in [-0.4, -0.2) is 52.9 Å². The second-order valence-corrected chi connectivity index (χ2v) is 4.26. The first-order chi connectivity index (χ1) is 8.58. The molecule has 1 saturated heterocycles. The van der Waals surface area contributed by atoms with E-state index in [1.54, 1.807) is 24.3 Å². The maximum absolute atomic E-state index is 11.8. The van der Waals surface area contributed by atoms with Gasteiger partial charge in [-0.25, -0.2) is 0 Å². The van der Waals surface area contributed by atoms with E-state index < -0.39 is 12.2 Å². The molecule has 1 amide bonds. The van der Waals surface area contributed by atoms with Crippen LogP contribution in [0.1, 0.15) is 0 Å². The van der Waals surface area contributed by atoms with Crippen LogP contribution in [0, 0.1) is 0 Å². The Balaban J connectivity index is 1.88. The number of likely N-dealkylation sites (tertiary alicyclic amines) is 1. The van der Waals surface area contributed by atoms with Gasteiger partial charge in [0.15, 0.2) is 6.61 Å². The number of anilines is 1. The normalized spacial score (nSPS) is 23.1. The third-order valence-electron chi connectivity index (χ3n) is 2.88. The Morgan fingerprint density at radius 3 is 2.56 bits per heavy atom. The number of aliphatic hydroxyl groups is 2.